The van der Waals surface area contributed by atoms with E-state index in [4.69, 9.17) is 0 Å². The first kappa shape index (κ1) is 18.9. The van der Waals surface area contributed by atoms with E-state index in [1.807, 2.05) is 54.6 Å². The molecule has 1 saturated carbocycles. The van der Waals surface area contributed by atoms with Gasteiger partial charge in [0.25, 0.3) is 0 Å². The highest BCUT2D eigenvalue weighted by Crippen LogP contribution is 2.69. The molecule has 142 valence electrons. The number of carbonyl (C=O) groups is 1. The lowest BCUT2D eigenvalue weighted by molar-refractivity contribution is -0.310. The minimum Gasteiger partial charge on any atom is -0.546 e. The van der Waals surface area contributed by atoms with Crippen LogP contribution in [0.4, 0.5) is 0 Å². The van der Waals surface area contributed by atoms with E-state index >= 15 is 0 Å². The molecule has 0 aromatic heterocycles. The Morgan fingerprint density at radius 2 is 1.00 bits per heavy atom. The van der Waals surface area contributed by atoms with Crippen LogP contribution in [0, 0.1) is 0 Å². The summed E-state index contributed by atoms with van der Waals surface area (Å²) in [6, 6.07) is 30.9. The third-order valence-electron chi connectivity index (χ3n) is 6.13. The fourth-order valence-electron chi connectivity index (χ4n) is 4.96. The van der Waals surface area contributed by atoms with Gasteiger partial charge in [0.15, 0.2) is 0 Å². The Labute approximate surface area is 167 Å². The highest BCUT2D eigenvalue weighted by Gasteiger charge is 2.63. The molecule has 0 amide bonds. The SMILES string of the molecule is O=C([O-])C1([P+](c2ccccc2)(c2ccccc2)c2ccccc2)CCCCC1. The fourth-order valence-corrected chi connectivity index (χ4v) is 10.5. The second kappa shape index (κ2) is 7.89. The van der Waals surface area contributed by atoms with Crippen molar-refractivity contribution >= 4 is 29.1 Å². The summed E-state index contributed by atoms with van der Waals surface area (Å²) in [7, 11) is -2.48. The van der Waals surface area contributed by atoms with Crippen LogP contribution in [-0.2, 0) is 4.79 Å². The van der Waals surface area contributed by atoms with E-state index in [-0.39, 0.29) is 0 Å². The number of aliphatic carboxylic acids is 1. The average molecular weight is 388 g/mol. The van der Waals surface area contributed by atoms with Gasteiger partial charge in [0.05, 0.1) is 5.97 Å². The summed E-state index contributed by atoms with van der Waals surface area (Å²) >= 11 is 0. The summed E-state index contributed by atoms with van der Waals surface area (Å²) in [4.78, 5) is 13.0. The van der Waals surface area contributed by atoms with Crippen LogP contribution in [0.25, 0.3) is 0 Å². The molecular weight excluding hydrogens is 363 g/mol. The molecule has 1 aliphatic rings. The van der Waals surface area contributed by atoms with E-state index in [1.165, 1.54) is 0 Å². The number of carboxylic acid groups (broad SMARTS) is 1. The van der Waals surface area contributed by atoms with Gasteiger partial charge in [-0.05, 0) is 62.1 Å². The zero-order valence-corrected chi connectivity index (χ0v) is 16.9. The summed E-state index contributed by atoms with van der Waals surface area (Å²) in [6.07, 6.45) is 4.29. The Morgan fingerprint density at radius 1 is 0.643 bits per heavy atom. The third-order valence-corrected chi connectivity index (χ3v) is 11.3. The molecule has 0 spiro atoms. The summed E-state index contributed by atoms with van der Waals surface area (Å²) in [6.45, 7) is 0. The molecule has 2 nitrogen and oxygen atoms in total. The van der Waals surface area contributed by atoms with Crippen molar-refractivity contribution in [3.8, 4) is 0 Å². The van der Waals surface area contributed by atoms with Crippen LogP contribution >= 0.6 is 7.26 Å². The third kappa shape index (κ3) is 2.88. The Balaban J connectivity index is 2.14. The number of benzene rings is 3. The first-order valence-electron chi connectivity index (χ1n) is 9.99. The maximum atomic E-state index is 13.0. The molecule has 1 aliphatic carbocycles. The molecule has 3 aromatic rings. The Bertz CT molecular complexity index is 820. The molecule has 0 radical (unpaired) electrons. The maximum Gasteiger partial charge on any atom is 0.133 e. The molecule has 0 saturated heterocycles. The van der Waals surface area contributed by atoms with Gasteiger partial charge in [-0.1, -0.05) is 61.0 Å². The van der Waals surface area contributed by atoms with Crippen LogP contribution in [0.1, 0.15) is 32.1 Å². The summed E-state index contributed by atoms with van der Waals surface area (Å²) in [5.41, 5.74) is 0. The number of hydrogen-bond donors (Lipinski definition) is 0. The van der Waals surface area contributed by atoms with Gasteiger partial charge in [0, 0.05) is 0 Å². The predicted molar refractivity (Wildman–Crippen MR) is 116 cm³/mol. The topological polar surface area (TPSA) is 40.1 Å². The van der Waals surface area contributed by atoms with E-state index in [1.54, 1.807) is 0 Å². The van der Waals surface area contributed by atoms with Gasteiger partial charge in [-0.25, -0.2) is 0 Å². The van der Waals surface area contributed by atoms with Crippen molar-refractivity contribution < 1.29 is 9.90 Å². The van der Waals surface area contributed by atoms with Gasteiger partial charge in [0.2, 0.25) is 0 Å². The largest absolute Gasteiger partial charge is 0.546 e. The molecule has 0 heterocycles. The number of rotatable bonds is 5. The zero-order valence-electron chi connectivity index (χ0n) is 16.0. The van der Waals surface area contributed by atoms with Gasteiger partial charge < -0.3 is 9.90 Å². The standard InChI is InChI=1S/C25H25O2P/c26-24(27)25(19-11-4-12-20-25)28(21-13-5-1-6-14-21,22-15-7-2-8-16-22)23-17-9-3-10-18-23/h1-3,5-10,13-18H,4,11-12,19-20H2. The lowest BCUT2D eigenvalue weighted by Gasteiger charge is -2.47. The Kier molecular flexibility index (Phi) is 5.33. The normalized spacial score (nSPS) is 16.4. The lowest BCUT2D eigenvalue weighted by Crippen LogP contribution is -2.58. The average Bonchev–Trinajstić information content (AvgIpc) is 2.77. The predicted octanol–water partition coefficient (Wildman–Crippen LogP) is 3.43. The van der Waals surface area contributed by atoms with E-state index in [0.717, 1.165) is 35.2 Å². The molecule has 1 fully saturated rings. The van der Waals surface area contributed by atoms with Crippen LogP contribution < -0.4 is 21.0 Å². The Morgan fingerprint density at radius 3 is 1.32 bits per heavy atom. The number of carboxylic acids is 1. The number of hydrogen-bond acceptors (Lipinski definition) is 2. The molecule has 0 atom stereocenters. The van der Waals surface area contributed by atoms with Crippen molar-refractivity contribution in [2.75, 3.05) is 0 Å². The summed E-state index contributed by atoms with van der Waals surface area (Å²) in [5, 5.41) is 15.5. The van der Waals surface area contributed by atoms with Crippen LogP contribution in [0.15, 0.2) is 91.0 Å². The minimum atomic E-state index is -2.48. The zero-order chi connectivity index (χ0) is 19.5. The molecule has 0 unspecified atom stereocenters. The number of carbonyl (C=O) groups excluding carboxylic acids is 1. The van der Waals surface area contributed by atoms with E-state index in [0.29, 0.717) is 12.8 Å². The molecular formula is C25H25O2P. The van der Waals surface area contributed by atoms with Crippen molar-refractivity contribution in [3.63, 3.8) is 0 Å². The van der Waals surface area contributed by atoms with Crippen LogP contribution in [0.5, 0.6) is 0 Å². The molecule has 3 heteroatoms. The van der Waals surface area contributed by atoms with Crippen molar-refractivity contribution in [1.29, 1.82) is 0 Å². The van der Waals surface area contributed by atoms with Gasteiger partial charge in [0.1, 0.15) is 28.3 Å². The van der Waals surface area contributed by atoms with Crippen molar-refractivity contribution in [2.24, 2.45) is 0 Å². The molecule has 4 rings (SSSR count). The maximum absolute atomic E-state index is 13.0. The van der Waals surface area contributed by atoms with Crippen molar-refractivity contribution in [2.45, 2.75) is 37.3 Å². The van der Waals surface area contributed by atoms with E-state index in [9.17, 15) is 9.90 Å². The fraction of sp³-hybridized carbons (Fsp3) is 0.240. The summed E-state index contributed by atoms with van der Waals surface area (Å²) < 4.78 is 0. The monoisotopic (exact) mass is 388 g/mol. The second-order valence-electron chi connectivity index (χ2n) is 7.56. The first-order chi connectivity index (χ1) is 13.7. The molecule has 0 bridgehead atoms. The van der Waals surface area contributed by atoms with Crippen LogP contribution in [0.3, 0.4) is 0 Å². The Hall–Kier alpha value is -2.44. The lowest BCUT2D eigenvalue weighted by atomic mass is 9.88. The molecule has 3 aromatic carbocycles. The summed E-state index contributed by atoms with van der Waals surface area (Å²) in [5.74, 6) is -0.892. The first-order valence-corrected chi connectivity index (χ1v) is 11.8. The van der Waals surface area contributed by atoms with Gasteiger partial charge in [-0.3, -0.25) is 0 Å². The van der Waals surface area contributed by atoms with Gasteiger partial charge >= 0.3 is 0 Å². The van der Waals surface area contributed by atoms with Crippen molar-refractivity contribution in [3.05, 3.63) is 91.0 Å². The highest BCUT2D eigenvalue weighted by atomic mass is 31.2. The van der Waals surface area contributed by atoms with Crippen LogP contribution in [-0.4, -0.2) is 11.1 Å². The van der Waals surface area contributed by atoms with E-state index in [2.05, 4.69) is 36.4 Å². The van der Waals surface area contributed by atoms with E-state index < -0.39 is 18.4 Å². The highest BCUT2D eigenvalue weighted by molar-refractivity contribution is 7.97. The van der Waals surface area contributed by atoms with Crippen molar-refractivity contribution in [1.82, 2.24) is 0 Å². The smallest absolute Gasteiger partial charge is 0.133 e. The van der Waals surface area contributed by atoms with Crippen LogP contribution in [0.2, 0.25) is 0 Å². The molecule has 28 heavy (non-hydrogen) atoms. The molecule has 0 N–H and O–H groups in total. The van der Waals surface area contributed by atoms with Gasteiger partial charge in [-0.2, -0.15) is 0 Å². The minimum absolute atomic E-state index is 0.668. The van der Waals surface area contributed by atoms with Gasteiger partial charge in [-0.15, -0.1) is 0 Å². The quantitative estimate of drug-likeness (QED) is 0.629. The molecule has 0 aliphatic heterocycles. The second-order valence-corrected chi connectivity index (χ2v) is 11.3.